The summed E-state index contributed by atoms with van der Waals surface area (Å²) in [5.41, 5.74) is 4.36. The highest BCUT2D eigenvalue weighted by atomic mass is 16.6. The maximum Gasteiger partial charge on any atom is 0.162 e. The molecule has 4 atom stereocenters. The van der Waals surface area contributed by atoms with Gasteiger partial charge in [-0.05, 0) is 42.8 Å². The monoisotopic (exact) mass is 1390 g/mol. The van der Waals surface area contributed by atoms with E-state index in [-0.39, 0.29) is 196 Å². The van der Waals surface area contributed by atoms with E-state index in [9.17, 15) is 42.1 Å². The van der Waals surface area contributed by atoms with E-state index in [2.05, 4.69) is 48.6 Å². The van der Waals surface area contributed by atoms with E-state index in [0.717, 1.165) is 0 Å². The molecule has 4 aliphatic heterocycles. The van der Waals surface area contributed by atoms with E-state index in [0.29, 0.717) is 84.8 Å². The van der Waals surface area contributed by atoms with Gasteiger partial charge in [0.25, 0.3) is 0 Å². The van der Waals surface area contributed by atoms with Crippen LogP contribution in [0.1, 0.15) is 134 Å². The molecule has 0 radical (unpaired) electrons. The highest BCUT2D eigenvalue weighted by molar-refractivity contribution is 5.64. The Morgan fingerprint density at radius 1 is 0.240 bits per heavy atom. The zero-order valence-corrected chi connectivity index (χ0v) is 57.0. The summed E-state index contributed by atoms with van der Waals surface area (Å²) in [4.78, 5) is 0. The minimum absolute atomic E-state index is 0.00907. The van der Waals surface area contributed by atoms with Gasteiger partial charge >= 0.3 is 0 Å². The quantitative estimate of drug-likeness (QED) is 0.136. The van der Waals surface area contributed by atoms with Crippen LogP contribution in [0.2, 0.25) is 0 Å². The van der Waals surface area contributed by atoms with Gasteiger partial charge in [-0.15, -0.1) is 0 Å². The maximum atomic E-state index is 10.1. The Hall–Kier alpha value is -13.4. The van der Waals surface area contributed by atoms with Gasteiger partial charge in [0.15, 0.2) is 46.0 Å². The Kier molecular flexibility index (Phi) is 20.4. The molecule has 8 aromatic rings. The van der Waals surface area contributed by atoms with Gasteiger partial charge in [-0.1, -0.05) is 26.8 Å². The zero-order chi connectivity index (χ0) is 72.4. The third-order valence-corrected chi connectivity index (χ3v) is 18.5. The van der Waals surface area contributed by atoms with Gasteiger partial charge in [0.05, 0.1) is 51.1 Å². The number of hydrogen-bond acceptors (Lipinski definition) is 24. The Morgan fingerprint density at radius 3 is 0.721 bits per heavy atom. The molecule has 8 bridgehead atoms. The van der Waals surface area contributed by atoms with Crippen molar-refractivity contribution < 1.29 is 75.8 Å². The van der Waals surface area contributed by atoms with Crippen molar-refractivity contribution in [3.63, 3.8) is 0 Å². The number of ether oxygens (including phenoxy) is 16. The van der Waals surface area contributed by atoms with Crippen LogP contribution in [-0.2, 0) is 10.3 Å². The summed E-state index contributed by atoms with van der Waals surface area (Å²) >= 11 is 0. The van der Waals surface area contributed by atoms with Crippen LogP contribution >= 0.6 is 0 Å². The molecule has 13 rings (SSSR count). The molecule has 4 unspecified atom stereocenters. The number of benzene rings is 8. The first-order valence-corrected chi connectivity index (χ1v) is 33.5. The van der Waals surface area contributed by atoms with Gasteiger partial charge in [-0.3, -0.25) is 0 Å². The Morgan fingerprint density at radius 2 is 0.452 bits per heavy atom. The number of fused-ring (bicyclic) bond motifs is 6. The fourth-order valence-corrected chi connectivity index (χ4v) is 13.1. The molecule has 8 aromatic carbocycles. The number of nitriles is 8. The van der Waals surface area contributed by atoms with Gasteiger partial charge < -0.3 is 75.8 Å². The molecule has 24 nitrogen and oxygen atoms in total. The summed E-state index contributed by atoms with van der Waals surface area (Å²) in [5, 5.41) is 80.9. The second kappa shape index (κ2) is 30.6. The molecule has 24 heteroatoms. The number of rotatable bonds is 0. The van der Waals surface area contributed by atoms with Crippen LogP contribution in [0.4, 0.5) is 0 Å². The van der Waals surface area contributed by atoms with Crippen LogP contribution in [0.5, 0.6) is 86.2 Å². The lowest BCUT2D eigenvalue weighted by Gasteiger charge is -2.35. The molecule has 0 amide bonds. The first-order valence-electron chi connectivity index (χ1n) is 33.5. The molecule has 4 heterocycles. The minimum Gasteiger partial charge on any atom is -0.490 e. The van der Waals surface area contributed by atoms with E-state index < -0.39 is 23.4 Å². The highest BCUT2D eigenvalue weighted by Gasteiger charge is 2.39. The lowest BCUT2D eigenvalue weighted by atomic mass is 9.79. The van der Waals surface area contributed by atoms with Crippen molar-refractivity contribution in [2.75, 3.05) is 106 Å². The van der Waals surface area contributed by atoms with Crippen molar-refractivity contribution in [3.8, 4) is 135 Å². The molecular formula is C80H64N8O16. The van der Waals surface area contributed by atoms with Crippen LogP contribution in [-0.4, -0.2) is 106 Å². The summed E-state index contributed by atoms with van der Waals surface area (Å²) < 4.78 is 106. The maximum absolute atomic E-state index is 10.1. The predicted octanol–water partition coefficient (Wildman–Crippen LogP) is 12.2. The zero-order valence-electron chi connectivity index (χ0n) is 57.0. The average Bonchev–Trinajstić information content (AvgIpc) is 0.764. The van der Waals surface area contributed by atoms with Crippen molar-refractivity contribution in [3.05, 3.63) is 192 Å². The third kappa shape index (κ3) is 14.0. The first-order chi connectivity index (χ1) is 50.8. The van der Waals surface area contributed by atoms with Crippen LogP contribution in [0.15, 0.2) is 103 Å². The van der Waals surface area contributed by atoms with E-state index >= 15 is 0 Å². The van der Waals surface area contributed by atoms with Crippen LogP contribution < -0.4 is 71.1 Å². The first kappa shape index (κ1) is 69.1. The Balaban J connectivity index is 1.06. The smallest absolute Gasteiger partial charge is 0.162 e. The highest BCUT2D eigenvalue weighted by Crippen LogP contribution is 2.52. The number of nitrogens with zero attached hydrogens (tertiary/aromatic N) is 8. The normalized spacial score (nSPS) is 18.4. The predicted molar refractivity (Wildman–Crippen MR) is 367 cm³/mol. The summed E-state index contributed by atoms with van der Waals surface area (Å²) in [6.45, 7) is 7.15. The van der Waals surface area contributed by atoms with E-state index in [1.54, 1.807) is 6.07 Å². The van der Waals surface area contributed by atoms with Crippen LogP contribution in [0.3, 0.4) is 0 Å². The largest absolute Gasteiger partial charge is 0.490 e. The second-order valence-electron chi connectivity index (χ2n) is 24.5. The summed E-state index contributed by atoms with van der Waals surface area (Å²) in [7, 11) is 0. The topological polar surface area (TPSA) is 338 Å². The van der Waals surface area contributed by atoms with Crippen molar-refractivity contribution >= 4 is 0 Å². The van der Waals surface area contributed by atoms with Crippen molar-refractivity contribution in [2.45, 2.75) is 51.0 Å². The number of hydrogen-bond donors (Lipinski definition) is 0. The molecule has 0 spiro atoms. The van der Waals surface area contributed by atoms with E-state index in [1.807, 2.05) is 76.2 Å². The van der Waals surface area contributed by atoms with Crippen LogP contribution in [0.25, 0.3) is 0 Å². The Labute approximate surface area is 598 Å². The molecular weight excluding hydrogens is 1330 g/mol. The standard InChI is InChI=1S/C80H64N8O16/c1-46-58-31-57-5-6-65(58)89-7-14-96-72-23-49(38-81)50(39-82)24-73(72)97-15-8-90-66-35-67-60(32-59(46)66)47(2)61-33-62-48(3)63-34-64-71(95-13-20-102-78-29-55(44-87)56(45-88)30-79(78)103-21-22-104-80(57,64)4)37-70(63)94-12-19-101-77-28-54(43-86)53(42-85)27-76(77)100-18-11-93-69(62)36-68(61)92-10-17-99-75-26-52(41-84)51(40-83)25-74(75)98-16-9-91-67/h5-6,23-37,46-48H,7-22H2,1-4H3. The van der Waals surface area contributed by atoms with Gasteiger partial charge in [0.2, 0.25) is 0 Å². The molecule has 5 aliphatic rings. The molecule has 0 N–H and O–H groups in total. The van der Waals surface area contributed by atoms with E-state index in [4.69, 9.17) is 75.8 Å². The van der Waals surface area contributed by atoms with Gasteiger partial charge in [-0.25, -0.2) is 0 Å². The molecule has 0 aromatic heterocycles. The molecule has 0 saturated carbocycles. The van der Waals surface area contributed by atoms with Crippen molar-refractivity contribution in [2.24, 2.45) is 0 Å². The molecule has 1 aliphatic carbocycles. The lowest BCUT2D eigenvalue weighted by molar-refractivity contribution is -0.0193. The summed E-state index contributed by atoms with van der Waals surface area (Å²) in [6.07, 6.45) is 0. The van der Waals surface area contributed by atoms with Crippen molar-refractivity contribution in [1.82, 2.24) is 0 Å². The summed E-state index contributed by atoms with van der Waals surface area (Å²) in [6, 6.07) is 45.6. The minimum atomic E-state index is -1.48. The summed E-state index contributed by atoms with van der Waals surface area (Å²) in [5.74, 6) is 2.42. The fraction of sp³-hybridized carbons (Fsp3) is 0.300. The second-order valence-corrected chi connectivity index (χ2v) is 24.5. The Bertz CT molecular complexity index is 5080. The average molecular weight is 1390 g/mol. The van der Waals surface area contributed by atoms with Gasteiger partial charge in [-0.2, -0.15) is 42.1 Å². The molecule has 520 valence electrons. The lowest BCUT2D eigenvalue weighted by Crippen LogP contribution is -2.31. The van der Waals surface area contributed by atoms with Gasteiger partial charge in [0, 0.05) is 123 Å². The van der Waals surface area contributed by atoms with E-state index in [1.165, 1.54) is 48.5 Å². The van der Waals surface area contributed by atoms with Crippen LogP contribution in [0, 0.1) is 90.6 Å². The van der Waals surface area contributed by atoms with Crippen molar-refractivity contribution in [1.29, 1.82) is 42.1 Å². The molecule has 0 saturated heterocycles. The third-order valence-electron chi connectivity index (χ3n) is 18.5. The van der Waals surface area contributed by atoms with Gasteiger partial charge in [0.1, 0.15) is 194 Å². The molecule has 0 fully saturated rings. The SMILES string of the molecule is CC1c2cc3ccc2OCCOc2cc(C#N)c(C#N)cc2OCCOc2cc4c(cc21)C(C)c1cc2c(cc1OCCOc1cc(C#N)c(C#N)cc1OCCO4)OCCOc1cc(C#N)c(C#N)cc1OCCOc1cc4c(cc1C2C)C3(C)OCCOc1cc(C#N)c(C#N)cc1OCCO4. The molecule has 104 heavy (non-hydrogen) atoms. The fourth-order valence-electron chi connectivity index (χ4n) is 13.1.